The maximum absolute atomic E-state index is 10.4. The first-order chi connectivity index (χ1) is 10.1. The van der Waals surface area contributed by atoms with E-state index in [0.717, 1.165) is 36.6 Å². The van der Waals surface area contributed by atoms with Crippen molar-refractivity contribution in [3.05, 3.63) is 35.4 Å². The van der Waals surface area contributed by atoms with Gasteiger partial charge in [-0.2, -0.15) is 11.8 Å². The number of hydrogen-bond donors (Lipinski definition) is 2. The topological polar surface area (TPSA) is 41.5 Å². The molecule has 0 bridgehead atoms. The van der Waals surface area contributed by atoms with Gasteiger partial charge in [0.2, 0.25) is 0 Å². The summed E-state index contributed by atoms with van der Waals surface area (Å²) in [4.78, 5) is 0. The van der Waals surface area contributed by atoms with Crippen molar-refractivity contribution in [3.63, 3.8) is 0 Å². The summed E-state index contributed by atoms with van der Waals surface area (Å²) in [6.45, 7) is 3.60. The smallest absolute Gasteiger partial charge is 0.118 e. The summed E-state index contributed by atoms with van der Waals surface area (Å²) < 4.78 is 5.15. The molecule has 0 unspecified atom stereocenters. The molecule has 1 fully saturated rings. The molecule has 21 heavy (non-hydrogen) atoms. The largest absolute Gasteiger partial charge is 0.497 e. The van der Waals surface area contributed by atoms with Crippen LogP contribution in [-0.4, -0.2) is 42.4 Å². The second kappa shape index (κ2) is 7.87. The Bertz CT molecular complexity index is 464. The van der Waals surface area contributed by atoms with Crippen LogP contribution in [0.1, 0.15) is 25.3 Å². The lowest BCUT2D eigenvalue weighted by molar-refractivity contribution is 0.0331. The van der Waals surface area contributed by atoms with Crippen LogP contribution in [0.15, 0.2) is 29.8 Å². The molecular weight excluding hydrogens is 282 g/mol. The molecule has 0 atom stereocenters. The fraction of sp³-hybridized carbons (Fsp3) is 0.529. The van der Waals surface area contributed by atoms with Crippen LogP contribution in [0.4, 0.5) is 0 Å². The third-order valence-electron chi connectivity index (χ3n) is 3.81. The molecule has 2 rings (SSSR count). The number of thioether (sulfide) groups is 1. The van der Waals surface area contributed by atoms with Gasteiger partial charge in [0.1, 0.15) is 5.75 Å². The molecular formula is C17H25NO2S. The monoisotopic (exact) mass is 307 g/mol. The second-order valence-corrected chi connectivity index (χ2v) is 6.93. The highest BCUT2D eigenvalue weighted by Gasteiger charge is 2.28. The second-order valence-electron chi connectivity index (χ2n) is 5.70. The van der Waals surface area contributed by atoms with Gasteiger partial charge in [0, 0.05) is 13.1 Å². The first-order valence-electron chi connectivity index (χ1n) is 7.43. The van der Waals surface area contributed by atoms with Crippen molar-refractivity contribution in [2.45, 2.75) is 25.4 Å². The molecule has 4 heteroatoms. The van der Waals surface area contributed by atoms with E-state index in [-0.39, 0.29) is 0 Å². The van der Waals surface area contributed by atoms with E-state index in [1.54, 1.807) is 7.11 Å². The molecule has 0 spiro atoms. The van der Waals surface area contributed by atoms with E-state index in [2.05, 4.69) is 18.3 Å². The quantitative estimate of drug-likeness (QED) is 0.848. The van der Waals surface area contributed by atoms with E-state index in [1.165, 1.54) is 11.1 Å². The highest BCUT2D eigenvalue weighted by atomic mass is 32.2. The third kappa shape index (κ3) is 5.38. The number of hydrogen-bond acceptors (Lipinski definition) is 4. The fourth-order valence-corrected chi connectivity index (χ4v) is 3.71. The standard InChI is InChI=1S/C17H25NO2S/c1-14(11-15-3-5-16(20-2)6-4-15)12-18-13-17(19)7-9-21-10-8-17/h3-6,11,18-19H,7-10,12-13H2,1-2H3/b14-11-. The summed E-state index contributed by atoms with van der Waals surface area (Å²) >= 11 is 1.93. The number of methoxy groups -OCH3 is 1. The number of aliphatic hydroxyl groups is 1. The Kier molecular flexibility index (Phi) is 6.15. The maximum atomic E-state index is 10.4. The molecule has 2 N–H and O–H groups in total. The van der Waals surface area contributed by atoms with Crippen LogP contribution < -0.4 is 10.1 Å². The van der Waals surface area contributed by atoms with Crippen molar-refractivity contribution in [2.75, 3.05) is 31.7 Å². The van der Waals surface area contributed by atoms with Gasteiger partial charge >= 0.3 is 0 Å². The van der Waals surface area contributed by atoms with E-state index in [1.807, 2.05) is 36.0 Å². The zero-order valence-electron chi connectivity index (χ0n) is 12.9. The molecule has 0 aliphatic carbocycles. The van der Waals surface area contributed by atoms with Crippen molar-refractivity contribution in [3.8, 4) is 5.75 Å². The number of rotatable bonds is 6. The fourth-order valence-electron chi connectivity index (χ4n) is 2.46. The Morgan fingerprint density at radius 3 is 2.62 bits per heavy atom. The van der Waals surface area contributed by atoms with Crippen LogP contribution >= 0.6 is 11.8 Å². The number of nitrogens with one attached hydrogen (secondary N) is 1. The average Bonchev–Trinajstić information content (AvgIpc) is 2.48. The molecule has 1 aliphatic heterocycles. The molecule has 0 radical (unpaired) electrons. The number of ether oxygens (including phenoxy) is 1. The SMILES string of the molecule is COc1ccc(/C=C(/C)CNCC2(O)CCSCC2)cc1. The van der Waals surface area contributed by atoms with Crippen LogP contribution in [0.25, 0.3) is 6.08 Å². The molecule has 1 heterocycles. The Morgan fingerprint density at radius 2 is 2.00 bits per heavy atom. The number of benzene rings is 1. The minimum absolute atomic E-state index is 0.508. The molecule has 1 aromatic rings. The van der Waals surface area contributed by atoms with Gasteiger partial charge in [-0.3, -0.25) is 0 Å². The Balaban J connectivity index is 1.80. The summed E-state index contributed by atoms with van der Waals surface area (Å²) in [5, 5.41) is 13.8. The van der Waals surface area contributed by atoms with E-state index in [9.17, 15) is 5.11 Å². The molecule has 1 aromatic carbocycles. The van der Waals surface area contributed by atoms with Crippen LogP contribution in [0.2, 0.25) is 0 Å². The van der Waals surface area contributed by atoms with Gasteiger partial charge in [-0.1, -0.05) is 23.8 Å². The normalized spacial score (nSPS) is 18.5. The summed E-state index contributed by atoms with van der Waals surface area (Å²) in [6.07, 6.45) is 3.95. The third-order valence-corrected chi connectivity index (χ3v) is 4.80. The summed E-state index contributed by atoms with van der Waals surface area (Å²) in [6, 6.07) is 8.03. The van der Waals surface area contributed by atoms with Gasteiger partial charge in [-0.25, -0.2) is 0 Å². The van der Waals surface area contributed by atoms with E-state index in [0.29, 0.717) is 6.54 Å². The molecule has 1 aliphatic rings. The summed E-state index contributed by atoms with van der Waals surface area (Å²) in [5.74, 6) is 3.01. The zero-order valence-corrected chi connectivity index (χ0v) is 13.7. The van der Waals surface area contributed by atoms with Gasteiger partial charge in [0.15, 0.2) is 0 Å². The van der Waals surface area contributed by atoms with Crippen LogP contribution in [0.5, 0.6) is 5.75 Å². The van der Waals surface area contributed by atoms with Crippen molar-refractivity contribution in [1.82, 2.24) is 5.32 Å². The van der Waals surface area contributed by atoms with Gasteiger partial charge < -0.3 is 15.2 Å². The van der Waals surface area contributed by atoms with E-state index >= 15 is 0 Å². The molecule has 0 saturated carbocycles. The summed E-state index contributed by atoms with van der Waals surface area (Å²) in [5.41, 5.74) is 1.92. The molecule has 0 amide bonds. The average molecular weight is 307 g/mol. The van der Waals surface area contributed by atoms with Gasteiger partial charge in [0.25, 0.3) is 0 Å². The lowest BCUT2D eigenvalue weighted by atomic mass is 9.97. The Labute approximate surface area is 131 Å². The first kappa shape index (κ1) is 16.4. The molecule has 1 saturated heterocycles. The molecule has 0 aromatic heterocycles. The highest BCUT2D eigenvalue weighted by Crippen LogP contribution is 2.26. The molecule has 116 valence electrons. The Morgan fingerprint density at radius 1 is 1.33 bits per heavy atom. The van der Waals surface area contributed by atoms with E-state index in [4.69, 9.17) is 4.74 Å². The van der Waals surface area contributed by atoms with Crippen LogP contribution in [-0.2, 0) is 0 Å². The summed E-state index contributed by atoms with van der Waals surface area (Å²) in [7, 11) is 1.68. The predicted octanol–water partition coefficient (Wildman–Crippen LogP) is 2.95. The van der Waals surface area contributed by atoms with Crippen molar-refractivity contribution < 1.29 is 9.84 Å². The van der Waals surface area contributed by atoms with Crippen molar-refractivity contribution in [1.29, 1.82) is 0 Å². The minimum atomic E-state index is -0.508. The Hall–Kier alpha value is -0.970. The predicted molar refractivity (Wildman–Crippen MR) is 91.0 cm³/mol. The van der Waals surface area contributed by atoms with Gasteiger partial charge in [-0.15, -0.1) is 0 Å². The van der Waals surface area contributed by atoms with E-state index < -0.39 is 5.60 Å². The van der Waals surface area contributed by atoms with Crippen LogP contribution in [0, 0.1) is 0 Å². The highest BCUT2D eigenvalue weighted by molar-refractivity contribution is 7.99. The van der Waals surface area contributed by atoms with Crippen molar-refractivity contribution in [2.24, 2.45) is 0 Å². The lowest BCUT2D eigenvalue weighted by Gasteiger charge is -2.32. The van der Waals surface area contributed by atoms with Crippen molar-refractivity contribution >= 4 is 17.8 Å². The minimum Gasteiger partial charge on any atom is -0.497 e. The first-order valence-corrected chi connectivity index (χ1v) is 8.59. The maximum Gasteiger partial charge on any atom is 0.118 e. The van der Waals surface area contributed by atoms with Gasteiger partial charge in [0.05, 0.1) is 12.7 Å². The van der Waals surface area contributed by atoms with Crippen LogP contribution in [0.3, 0.4) is 0 Å². The van der Waals surface area contributed by atoms with Gasteiger partial charge in [-0.05, 0) is 49.0 Å². The molecule has 3 nitrogen and oxygen atoms in total. The zero-order chi connectivity index (χ0) is 15.1. The lowest BCUT2D eigenvalue weighted by Crippen LogP contribution is -2.43.